The van der Waals surface area contributed by atoms with Crippen molar-refractivity contribution in [3.63, 3.8) is 0 Å². The molecule has 0 fully saturated rings. The van der Waals surface area contributed by atoms with E-state index in [9.17, 15) is 4.79 Å². The Balaban J connectivity index is 1.55. The molecule has 2 aromatic heterocycles. The van der Waals surface area contributed by atoms with E-state index in [1.165, 1.54) is 11.1 Å². The lowest BCUT2D eigenvalue weighted by Gasteiger charge is -2.15. The van der Waals surface area contributed by atoms with Crippen LogP contribution in [0, 0.1) is 0 Å². The number of pyridine rings is 1. The second kappa shape index (κ2) is 6.40. The van der Waals surface area contributed by atoms with Gasteiger partial charge < -0.3 is 9.73 Å². The molecule has 0 bridgehead atoms. The summed E-state index contributed by atoms with van der Waals surface area (Å²) in [6.07, 6.45) is 3.54. The Morgan fingerprint density at radius 2 is 1.89 bits per heavy atom. The summed E-state index contributed by atoms with van der Waals surface area (Å²) in [5.74, 6) is 0.573. The molecule has 1 aliphatic carbocycles. The van der Waals surface area contributed by atoms with Crippen molar-refractivity contribution in [2.45, 2.75) is 18.9 Å². The van der Waals surface area contributed by atoms with Crippen LogP contribution in [-0.2, 0) is 6.42 Å². The van der Waals surface area contributed by atoms with Crippen LogP contribution in [0.15, 0.2) is 77.4 Å². The lowest BCUT2D eigenvalue weighted by molar-refractivity contribution is 0.0938. The number of aromatic nitrogens is 1. The highest BCUT2D eigenvalue weighted by Crippen LogP contribution is 2.32. The number of hydrogen-bond acceptors (Lipinski definition) is 3. The Bertz CT molecular complexity index is 1130. The van der Waals surface area contributed by atoms with E-state index in [-0.39, 0.29) is 11.9 Å². The van der Waals surface area contributed by atoms with E-state index in [1.807, 2.05) is 48.5 Å². The van der Waals surface area contributed by atoms with E-state index in [0.717, 1.165) is 23.7 Å². The van der Waals surface area contributed by atoms with Crippen molar-refractivity contribution in [3.05, 3.63) is 89.7 Å². The SMILES string of the molecule is O=C(NC1CCc2ccccc21)c1cc(-c2ccco2)nc2ccccc12. The third-order valence-electron chi connectivity index (χ3n) is 5.17. The molecule has 132 valence electrons. The fraction of sp³-hybridized carbons (Fsp3) is 0.130. The standard InChI is InChI=1S/C23H18N2O2/c26-23(25-20-12-11-15-6-1-2-7-16(15)20)18-14-21(22-10-5-13-27-22)24-19-9-4-3-8-17(18)19/h1-10,13-14,20H,11-12H2,(H,25,26). The van der Waals surface area contributed by atoms with Gasteiger partial charge in [0.15, 0.2) is 5.76 Å². The number of hydrogen-bond donors (Lipinski definition) is 1. The Labute approximate surface area is 156 Å². The number of rotatable bonds is 3. The summed E-state index contributed by atoms with van der Waals surface area (Å²) in [6.45, 7) is 0. The molecule has 4 nitrogen and oxygen atoms in total. The van der Waals surface area contributed by atoms with Gasteiger partial charge >= 0.3 is 0 Å². The number of furan rings is 1. The first-order valence-electron chi connectivity index (χ1n) is 9.12. The van der Waals surface area contributed by atoms with E-state index < -0.39 is 0 Å². The van der Waals surface area contributed by atoms with Crippen molar-refractivity contribution in [3.8, 4) is 11.5 Å². The molecule has 2 heterocycles. The monoisotopic (exact) mass is 354 g/mol. The predicted octanol–water partition coefficient (Wildman–Crippen LogP) is 4.91. The van der Waals surface area contributed by atoms with E-state index in [1.54, 1.807) is 6.26 Å². The van der Waals surface area contributed by atoms with Crippen molar-refractivity contribution in [2.24, 2.45) is 0 Å². The van der Waals surface area contributed by atoms with Crippen molar-refractivity contribution in [2.75, 3.05) is 0 Å². The topological polar surface area (TPSA) is 55.1 Å². The zero-order chi connectivity index (χ0) is 18.2. The van der Waals surface area contributed by atoms with Crippen molar-refractivity contribution in [1.29, 1.82) is 0 Å². The van der Waals surface area contributed by atoms with E-state index in [0.29, 0.717) is 17.0 Å². The van der Waals surface area contributed by atoms with Gasteiger partial charge in [0.2, 0.25) is 0 Å². The number of fused-ring (bicyclic) bond motifs is 2. The molecule has 1 unspecified atom stereocenters. The third-order valence-corrected chi connectivity index (χ3v) is 5.17. The van der Waals surface area contributed by atoms with Gasteiger partial charge in [0.1, 0.15) is 5.69 Å². The highest BCUT2D eigenvalue weighted by atomic mass is 16.3. The largest absolute Gasteiger partial charge is 0.463 e. The fourth-order valence-corrected chi connectivity index (χ4v) is 3.86. The van der Waals surface area contributed by atoms with Gasteiger partial charge in [-0.15, -0.1) is 0 Å². The minimum absolute atomic E-state index is 0.0488. The van der Waals surface area contributed by atoms with Crippen LogP contribution in [-0.4, -0.2) is 10.9 Å². The zero-order valence-electron chi connectivity index (χ0n) is 14.7. The quantitative estimate of drug-likeness (QED) is 0.568. The molecule has 0 spiro atoms. The molecule has 4 heteroatoms. The van der Waals surface area contributed by atoms with Crippen molar-refractivity contribution < 1.29 is 9.21 Å². The average molecular weight is 354 g/mol. The molecule has 1 amide bonds. The summed E-state index contributed by atoms with van der Waals surface area (Å²) in [5, 5.41) is 4.06. The van der Waals surface area contributed by atoms with Crippen LogP contribution in [0.2, 0.25) is 0 Å². The number of carbonyl (C=O) groups is 1. The molecule has 0 saturated carbocycles. The maximum absolute atomic E-state index is 13.2. The number of benzene rings is 2. The summed E-state index contributed by atoms with van der Waals surface area (Å²) in [7, 11) is 0. The van der Waals surface area contributed by atoms with Gasteiger partial charge in [-0.1, -0.05) is 42.5 Å². The maximum Gasteiger partial charge on any atom is 0.252 e. The molecule has 0 saturated heterocycles. The molecular formula is C23H18N2O2. The average Bonchev–Trinajstić information content (AvgIpc) is 3.38. The summed E-state index contributed by atoms with van der Waals surface area (Å²) in [5.41, 5.74) is 4.60. The van der Waals surface area contributed by atoms with Gasteiger partial charge in [-0.3, -0.25) is 4.79 Å². The van der Waals surface area contributed by atoms with Gasteiger partial charge in [0.25, 0.3) is 5.91 Å². The zero-order valence-corrected chi connectivity index (χ0v) is 14.7. The van der Waals surface area contributed by atoms with Gasteiger partial charge in [-0.25, -0.2) is 4.98 Å². The number of nitrogens with one attached hydrogen (secondary N) is 1. The van der Waals surface area contributed by atoms with Crippen LogP contribution in [0.5, 0.6) is 0 Å². The van der Waals surface area contributed by atoms with E-state index in [2.05, 4.69) is 28.5 Å². The number of carbonyl (C=O) groups excluding carboxylic acids is 1. The molecule has 1 N–H and O–H groups in total. The van der Waals surface area contributed by atoms with Crippen LogP contribution >= 0.6 is 0 Å². The number of aryl methyl sites for hydroxylation is 1. The van der Waals surface area contributed by atoms with E-state index >= 15 is 0 Å². The first-order chi connectivity index (χ1) is 13.3. The van der Waals surface area contributed by atoms with Crippen LogP contribution in [0.3, 0.4) is 0 Å². The molecule has 5 rings (SSSR count). The van der Waals surface area contributed by atoms with Gasteiger partial charge in [-0.05, 0) is 48.2 Å². The normalized spacial score (nSPS) is 15.6. The second-order valence-corrected chi connectivity index (χ2v) is 6.81. The lowest BCUT2D eigenvalue weighted by atomic mass is 10.0. The first-order valence-corrected chi connectivity index (χ1v) is 9.12. The summed E-state index contributed by atoms with van der Waals surface area (Å²) < 4.78 is 5.49. The van der Waals surface area contributed by atoms with Crippen LogP contribution < -0.4 is 5.32 Å². The Morgan fingerprint density at radius 1 is 1.04 bits per heavy atom. The number of amides is 1. The third kappa shape index (κ3) is 2.79. The van der Waals surface area contributed by atoms with E-state index in [4.69, 9.17) is 4.42 Å². The van der Waals surface area contributed by atoms with Crippen molar-refractivity contribution in [1.82, 2.24) is 10.3 Å². The maximum atomic E-state index is 13.2. The Morgan fingerprint density at radius 3 is 2.78 bits per heavy atom. The fourth-order valence-electron chi connectivity index (χ4n) is 3.86. The smallest absolute Gasteiger partial charge is 0.252 e. The molecule has 27 heavy (non-hydrogen) atoms. The van der Waals surface area contributed by atoms with Crippen LogP contribution in [0.4, 0.5) is 0 Å². The first kappa shape index (κ1) is 15.8. The molecule has 4 aromatic rings. The minimum Gasteiger partial charge on any atom is -0.463 e. The minimum atomic E-state index is -0.0805. The highest BCUT2D eigenvalue weighted by Gasteiger charge is 2.25. The van der Waals surface area contributed by atoms with Gasteiger partial charge in [0.05, 0.1) is 23.4 Å². The summed E-state index contributed by atoms with van der Waals surface area (Å²) in [6, 6.07) is 21.6. The molecule has 2 aromatic carbocycles. The van der Waals surface area contributed by atoms with Gasteiger partial charge in [-0.2, -0.15) is 0 Å². The van der Waals surface area contributed by atoms with Crippen LogP contribution in [0.25, 0.3) is 22.4 Å². The summed E-state index contributed by atoms with van der Waals surface area (Å²) in [4.78, 5) is 17.8. The van der Waals surface area contributed by atoms with Crippen LogP contribution in [0.1, 0.15) is 33.9 Å². The highest BCUT2D eigenvalue weighted by molar-refractivity contribution is 6.07. The van der Waals surface area contributed by atoms with Gasteiger partial charge in [0, 0.05) is 5.39 Å². The second-order valence-electron chi connectivity index (χ2n) is 6.81. The molecule has 1 atom stereocenters. The molecule has 0 radical (unpaired) electrons. The molecule has 0 aliphatic heterocycles. The Kier molecular flexibility index (Phi) is 3.75. The summed E-state index contributed by atoms with van der Waals surface area (Å²) >= 11 is 0. The van der Waals surface area contributed by atoms with Crippen molar-refractivity contribution >= 4 is 16.8 Å². The molecule has 1 aliphatic rings. The number of nitrogens with zero attached hydrogens (tertiary/aromatic N) is 1. The predicted molar refractivity (Wildman–Crippen MR) is 104 cm³/mol. The number of para-hydroxylation sites is 1. The Hall–Kier alpha value is -3.40. The lowest BCUT2D eigenvalue weighted by Crippen LogP contribution is -2.27. The molecular weight excluding hydrogens is 336 g/mol.